The van der Waals surface area contributed by atoms with Crippen molar-refractivity contribution >= 4 is 44.2 Å². The average Bonchev–Trinajstić information content (AvgIpc) is 3.21. The Morgan fingerprint density at radius 2 is 2.06 bits per heavy atom. The molecular formula is C23H26ClN3O3S. The maximum atomic E-state index is 13.1. The number of hydrogen-bond acceptors (Lipinski definition) is 6. The third-order valence-electron chi connectivity index (χ3n) is 5.20. The molecule has 1 aromatic heterocycles. The molecule has 1 amide bonds. The fourth-order valence-electron chi connectivity index (χ4n) is 3.55. The highest BCUT2D eigenvalue weighted by molar-refractivity contribution is 7.22. The van der Waals surface area contributed by atoms with Gasteiger partial charge in [0.2, 0.25) is 0 Å². The van der Waals surface area contributed by atoms with E-state index in [1.165, 1.54) is 11.3 Å². The number of carbonyl (C=O) groups excluding carboxylic acids is 1. The highest BCUT2D eigenvalue weighted by Gasteiger charge is 2.21. The van der Waals surface area contributed by atoms with Crippen molar-refractivity contribution in [3.63, 3.8) is 0 Å². The summed E-state index contributed by atoms with van der Waals surface area (Å²) >= 11 is 7.79. The van der Waals surface area contributed by atoms with E-state index >= 15 is 0 Å². The average molecular weight is 460 g/mol. The Kier molecular flexibility index (Phi) is 7.40. The number of aromatic nitrogens is 1. The van der Waals surface area contributed by atoms with E-state index in [9.17, 15) is 4.79 Å². The fourth-order valence-corrected chi connectivity index (χ4v) is 4.86. The zero-order valence-electron chi connectivity index (χ0n) is 17.6. The Balaban J connectivity index is 1.47. The smallest absolute Gasteiger partial charge is 0.266 e. The predicted octanol–water partition coefficient (Wildman–Crippen LogP) is 4.39. The van der Waals surface area contributed by atoms with Gasteiger partial charge in [-0.05, 0) is 43.2 Å². The largest absolute Gasteiger partial charge is 0.484 e. The molecule has 8 heteroatoms. The first-order valence-corrected chi connectivity index (χ1v) is 11.6. The van der Waals surface area contributed by atoms with Crippen LogP contribution < -0.4 is 9.64 Å². The summed E-state index contributed by atoms with van der Waals surface area (Å²) in [6.45, 7) is 6.85. The van der Waals surface area contributed by atoms with Crippen LogP contribution in [0.4, 0.5) is 5.13 Å². The molecule has 1 saturated heterocycles. The van der Waals surface area contributed by atoms with Gasteiger partial charge in [-0.1, -0.05) is 41.1 Å². The Bertz CT molecular complexity index is 1040. The van der Waals surface area contributed by atoms with Crippen LogP contribution in [-0.4, -0.2) is 61.8 Å². The fraction of sp³-hybridized carbons (Fsp3) is 0.391. The molecule has 1 aliphatic heterocycles. The van der Waals surface area contributed by atoms with E-state index in [4.69, 9.17) is 21.1 Å². The van der Waals surface area contributed by atoms with E-state index in [0.717, 1.165) is 55.0 Å². The predicted molar refractivity (Wildman–Crippen MR) is 126 cm³/mol. The molecule has 0 radical (unpaired) electrons. The lowest BCUT2D eigenvalue weighted by atomic mass is 10.2. The van der Waals surface area contributed by atoms with Crippen molar-refractivity contribution < 1.29 is 14.3 Å². The van der Waals surface area contributed by atoms with Crippen LogP contribution in [0.15, 0.2) is 42.5 Å². The van der Waals surface area contributed by atoms with Gasteiger partial charge in [0.1, 0.15) is 11.3 Å². The van der Waals surface area contributed by atoms with Crippen LogP contribution in [0.5, 0.6) is 5.75 Å². The van der Waals surface area contributed by atoms with Crippen molar-refractivity contribution in [3.05, 3.63) is 53.1 Å². The summed E-state index contributed by atoms with van der Waals surface area (Å²) < 4.78 is 12.2. The monoisotopic (exact) mass is 459 g/mol. The summed E-state index contributed by atoms with van der Waals surface area (Å²) in [6, 6.07) is 13.4. The molecule has 0 spiro atoms. The summed E-state index contributed by atoms with van der Waals surface area (Å²) in [6.07, 6.45) is 0.847. The van der Waals surface area contributed by atoms with Crippen molar-refractivity contribution in [2.75, 3.05) is 50.9 Å². The number of halogens is 1. The zero-order chi connectivity index (χ0) is 21.6. The van der Waals surface area contributed by atoms with Gasteiger partial charge in [-0.2, -0.15) is 0 Å². The second kappa shape index (κ2) is 10.4. The summed E-state index contributed by atoms with van der Waals surface area (Å²) in [7, 11) is 0. The van der Waals surface area contributed by atoms with Crippen LogP contribution >= 0.6 is 22.9 Å². The molecule has 1 aliphatic rings. The summed E-state index contributed by atoms with van der Waals surface area (Å²) in [5.41, 5.74) is 1.82. The third kappa shape index (κ3) is 5.74. The van der Waals surface area contributed by atoms with Crippen LogP contribution in [0.2, 0.25) is 5.02 Å². The first-order valence-electron chi connectivity index (χ1n) is 10.4. The molecule has 0 N–H and O–H groups in total. The molecule has 0 unspecified atom stereocenters. The maximum absolute atomic E-state index is 13.1. The number of morpholine rings is 1. The van der Waals surface area contributed by atoms with Crippen molar-refractivity contribution in [3.8, 4) is 5.75 Å². The second-order valence-corrected chi connectivity index (χ2v) is 8.96. The molecule has 2 aromatic carbocycles. The van der Waals surface area contributed by atoms with Crippen molar-refractivity contribution in [1.82, 2.24) is 9.88 Å². The number of para-hydroxylation sites is 1. The molecule has 2 heterocycles. The second-order valence-electron chi connectivity index (χ2n) is 7.54. The molecule has 6 nitrogen and oxygen atoms in total. The molecule has 164 valence electrons. The molecule has 0 atom stereocenters. The van der Waals surface area contributed by atoms with Crippen LogP contribution in [-0.2, 0) is 9.53 Å². The molecule has 31 heavy (non-hydrogen) atoms. The number of fused-ring (bicyclic) bond motifs is 1. The van der Waals surface area contributed by atoms with E-state index in [0.29, 0.717) is 22.4 Å². The molecular weight excluding hydrogens is 434 g/mol. The Hall–Kier alpha value is -2.19. The summed E-state index contributed by atoms with van der Waals surface area (Å²) in [5.74, 6) is 0.577. The van der Waals surface area contributed by atoms with Crippen LogP contribution in [0.1, 0.15) is 12.0 Å². The minimum Gasteiger partial charge on any atom is -0.484 e. The standard InChI is InChI=1S/C23H26ClN3O3S/c1-17-5-2-6-18(15-17)30-16-21(28)27(10-4-9-26-11-13-29-14-12-26)23-25-22-19(24)7-3-8-20(22)31-23/h2-3,5-8,15H,4,9-14,16H2,1H3. The third-order valence-corrected chi connectivity index (χ3v) is 6.55. The minimum absolute atomic E-state index is 0.0370. The van der Waals surface area contributed by atoms with Crippen molar-refractivity contribution in [2.45, 2.75) is 13.3 Å². The Labute approximate surface area is 191 Å². The van der Waals surface area contributed by atoms with Crippen LogP contribution in [0.25, 0.3) is 10.2 Å². The molecule has 4 rings (SSSR count). The number of hydrogen-bond donors (Lipinski definition) is 0. The normalized spacial score (nSPS) is 14.6. The number of benzene rings is 2. The minimum atomic E-state index is -0.112. The highest BCUT2D eigenvalue weighted by Crippen LogP contribution is 2.33. The number of amides is 1. The summed E-state index contributed by atoms with van der Waals surface area (Å²) in [4.78, 5) is 21.9. The van der Waals surface area contributed by atoms with Gasteiger partial charge in [0, 0.05) is 26.2 Å². The molecule has 0 aliphatic carbocycles. The molecule has 0 saturated carbocycles. The topological polar surface area (TPSA) is 54.9 Å². The van der Waals surface area contributed by atoms with E-state index in [-0.39, 0.29) is 12.5 Å². The van der Waals surface area contributed by atoms with Gasteiger partial charge in [0.15, 0.2) is 11.7 Å². The van der Waals surface area contributed by atoms with Gasteiger partial charge in [0.25, 0.3) is 5.91 Å². The number of ether oxygens (including phenoxy) is 2. The van der Waals surface area contributed by atoms with Gasteiger partial charge in [0.05, 0.1) is 22.9 Å². The SMILES string of the molecule is Cc1cccc(OCC(=O)N(CCCN2CCOCC2)c2nc3c(Cl)cccc3s2)c1. The quantitative estimate of drug-likeness (QED) is 0.500. The first kappa shape index (κ1) is 22.0. The lowest BCUT2D eigenvalue weighted by molar-refractivity contribution is -0.120. The number of carbonyl (C=O) groups is 1. The van der Waals surface area contributed by atoms with Crippen LogP contribution in [0, 0.1) is 6.92 Å². The van der Waals surface area contributed by atoms with Crippen molar-refractivity contribution in [2.24, 2.45) is 0 Å². The highest BCUT2D eigenvalue weighted by atomic mass is 35.5. The van der Waals surface area contributed by atoms with Crippen LogP contribution in [0.3, 0.4) is 0 Å². The van der Waals surface area contributed by atoms with Gasteiger partial charge in [-0.25, -0.2) is 4.98 Å². The van der Waals surface area contributed by atoms with Gasteiger partial charge >= 0.3 is 0 Å². The Morgan fingerprint density at radius 3 is 2.84 bits per heavy atom. The Morgan fingerprint density at radius 1 is 1.26 bits per heavy atom. The molecule has 0 bridgehead atoms. The number of anilines is 1. The molecule has 1 fully saturated rings. The lowest BCUT2D eigenvalue weighted by Crippen LogP contribution is -2.40. The first-order chi connectivity index (χ1) is 15.1. The van der Waals surface area contributed by atoms with Gasteiger partial charge in [-0.3, -0.25) is 14.6 Å². The molecule has 3 aromatic rings. The number of thiazole rings is 1. The number of aryl methyl sites for hydroxylation is 1. The van der Waals surface area contributed by atoms with Gasteiger partial charge < -0.3 is 9.47 Å². The zero-order valence-corrected chi connectivity index (χ0v) is 19.1. The number of rotatable bonds is 8. The number of nitrogens with zero attached hydrogens (tertiary/aromatic N) is 3. The van der Waals surface area contributed by atoms with Gasteiger partial charge in [-0.15, -0.1) is 0 Å². The van der Waals surface area contributed by atoms with E-state index in [1.807, 2.05) is 49.4 Å². The van der Waals surface area contributed by atoms with E-state index in [1.54, 1.807) is 4.90 Å². The summed E-state index contributed by atoms with van der Waals surface area (Å²) in [5, 5.41) is 1.25. The van der Waals surface area contributed by atoms with Crippen molar-refractivity contribution in [1.29, 1.82) is 0 Å². The van der Waals surface area contributed by atoms with E-state index in [2.05, 4.69) is 9.88 Å². The maximum Gasteiger partial charge on any atom is 0.266 e. The lowest BCUT2D eigenvalue weighted by Gasteiger charge is -2.27. The van der Waals surface area contributed by atoms with E-state index < -0.39 is 0 Å².